The topological polar surface area (TPSA) is 110 Å². The lowest BCUT2D eigenvalue weighted by atomic mass is 10.0. The van der Waals surface area contributed by atoms with Crippen molar-refractivity contribution in [3.63, 3.8) is 0 Å². The molecule has 1 saturated heterocycles. The van der Waals surface area contributed by atoms with Crippen LogP contribution in [0.3, 0.4) is 0 Å². The molecule has 4 rings (SSSR count). The molecule has 3 aromatic carbocycles. The number of hydrogen-bond donors (Lipinski definition) is 1. The number of sulfonamides is 1. The number of hydrogen-bond acceptors (Lipinski definition) is 6. The molecular weight excluding hydrogens is 557 g/mol. The zero-order valence-electron chi connectivity index (χ0n) is 22.2. The van der Waals surface area contributed by atoms with Crippen molar-refractivity contribution in [3.05, 3.63) is 94.3 Å². The summed E-state index contributed by atoms with van der Waals surface area (Å²) in [5.41, 5.74) is 1.38. The van der Waals surface area contributed by atoms with E-state index in [9.17, 15) is 22.4 Å². The highest BCUT2D eigenvalue weighted by Gasteiger charge is 2.32. The van der Waals surface area contributed by atoms with E-state index in [-0.39, 0.29) is 47.3 Å². The van der Waals surface area contributed by atoms with E-state index in [1.807, 2.05) is 13.8 Å². The van der Waals surface area contributed by atoms with Crippen LogP contribution in [0.5, 0.6) is 5.75 Å². The van der Waals surface area contributed by atoms with Crippen LogP contribution in [-0.2, 0) is 27.8 Å². The van der Waals surface area contributed by atoms with Crippen molar-refractivity contribution in [3.8, 4) is 5.75 Å². The lowest BCUT2D eigenvalue weighted by molar-refractivity contribution is -0.139. The van der Waals surface area contributed by atoms with Crippen LogP contribution in [0, 0.1) is 5.82 Å². The first-order valence-electron chi connectivity index (χ1n) is 12.8. The smallest absolute Gasteiger partial charge is 0.260 e. The Hall–Kier alpha value is -3.31. The molecule has 11 heteroatoms. The molecule has 1 amide bonds. The van der Waals surface area contributed by atoms with Gasteiger partial charge in [-0.05, 0) is 55.8 Å². The fourth-order valence-corrected chi connectivity index (χ4v) is 5.80. The second-order valence-electron chi connectivity index (χ2n) is 9.98. The molecule has 3 aromatic rings. The van der Waals surface area contributed by atoms with Crippen molar-refractivity contribution in [1.29, 1.82) is 0 Å². The Morgan fingerprint density at radius 3 is 2.42 bits per heavy atom. The third-order valence-corrected chi connectivity index (χ3v) is 8.16. The zero-order chi connectivity index (χ0) is 29.0. The van der Waals surface area contributed by atoms with Gasteiger partial charge in [-0.3, -0.25) is 14.5 Å². The van der Waals surface area contributed by atoms with E-state index in [0.29, 0.717) is 36.0 Å². The van der Waals surface area contributed by atoms with Crippen molar-refractivity contribution >= 4 is 33.3 Å². The SMILES string of the molecule is C[C@@H]1CN(Cc2ccc(F)cc2)[C@@H](C)CN1C(=O)COc1ccc(Cl)cc1CC(=O)c1ccccc1S(N)(=O)=O. The molecule has 1 aliphatic rings. The first-order valence-corrected chi connectivity index (χ1v) is 14.7. The van der Waals surface area contributed by atoms with Gasteiger partial charge in [0.2, 0.25) is 10.0 Å². The second-order valence-corrected chi connectivity index (χ2v) is 11.9. The third kappa shape index (κ3) is 7.25. The Morgan fingerprint density at radius 2 is 1.73 bits per heavy atom. The number of nitrogens with zero attached hydrogens (tertiary/aromatic N) is 2. The number of amides is 1. The average Bonchev–Trinajstić information content (AvgIpc) is 2.90. The third-order valence-electron chi connectivity index (χ3n) is 6.95. The summed E-state index contributed by atoms with van der Waals surface area (Å²) in [5, 5.41) is 5.65. The van der Waals surface area contributed by atoms with Crippen molar-refractivity contribution in [1.82, 2.24) is 9.80 Å². The van der Waals surface area contributed by atoms with E-state index in [1.54, 1.807) is 41.3 Å². The van der Waals surface area contributed by atoms with Gasteiger partial charge < -0.3 is 9.64 Å². The van der Waals surface area contributed by atoms with Crippen LogP contribution >= 0.6 is 11.6 Å². The number of ether oxygens (including phenoxy) is 1. The van der Waals surface area contributed by atoms with Gasteiger partial charge in [0.25, 0.3) is 5.91 Å². The molecule has 8 nitrogen and oxygen atoms in total. The Labute approximate surface area is 238 Å². The lowest BCUT2D eigenvalue weighted by Crippen LogP contribution is -2.58. The van der Waals surface area contributed by atoms with Gasteiger partial charge in [0.05, 0.1) is 4.90 Å². The quantitative estimate of drug-likeness (QED) is 0.378. The van der Waals surface area contributed by atoms with Crippen molar-refractivity contribution in [2.75, 3.05) is 19.7 Å². The molecule has 212 valence electrons. The van der Waals surface area contributed by atoms with E-state index < -0.39 is 15.8 Å². The molecule has 0 radical (unpaired) electrons. The summed E-state index contributed by atoms with van der Waals surface area (Å²) in [6.45, 7) is 5.57. The first kappa shape index (κ1) is 29.7. The number of piperazine rings is 1. The monoisotopic (exact) mass is 587 g/mol. The second kappa shape index (κ2) is 12.5. The van der Waals surface area contributed by atoms with E-state index in [1.165, 1.54) is 30.3 Å². The maximum atomic E-state index is 13.3. The number of Topliss-reactive ketones (excluding diaryl/α,β-unsaturated/α-hetero) is 1. The van der Waals surface area contributed by atoms with Gasteiger partial charge in [0, 0.05) is 54.3 Å². The molecular formula is C29H31ClFN3O5S. The van der Waals surface area contributed by atoms with Gasteiger partial charge in [-0.25, -0.2) is 17.9 Å². The van der Waals surface area contributed by atoms with Gasteiger partial charge in [-0.1, -0.05) is 41.9 Å². The largest absolute Gasteiger partial charge is 0.483 e. The average molecular weight is 588 g/mol. The summed E-state index contributed by atoms with van der Waals surface area (Å²) >= 11 is 6.17. The van der Waals surface area contributed by atoms with Crippen LogP contribution in [0.1, 0.15) is 35.3 Å². The highest BCUT2D eigenvalue weighted by molar-refractivity contribution is 7.89. The van der Waals surface area contributed by atoms with E-state index >= 15 is 0 Å². The summed E-state index contributed by atoms with van der Waals surface area (Å²) < 4.78 is 43.0. The number of rotatable bonds is 9. The molecule has 0 saturated carbocycles. The molecule has 2 N–H and O–H groups in total. The van der Waals surface area contributed by atoms with E-state index in [4.69, 9.17) is 21.5 Å². The number of benzene rings is 3. The van der Waals surface area contributed by atoms with E-state index in [0.717, 1.165) is 5.56 Å². The summed E-state index contributed by atoms with van der Waals surface area (Å²) in [6, 6.07) is 16.9. The minimum Gasteiger partial charge on any atom is -0.483 e. The van der Waals surface area contributed by atoms with Gasteiger partial charge in [-0.15, -0.1) is 0 Å². The van der Waals surface area contributed by atoms with Crippen LogP contribution in [0.4, 0.5) is 4.39 Å². The number of carbonyl (C=O) groups is 2. The minimum absolute atomic E-state index is 0.0340. The van der Waals surface area contributed by atoms with Gasteiger partial charge in [0.15, 0.2) is 12.4 Å². The van der Waals surface area contributed by atoms with E-state index in [2.05, 4.69) is 4.90 Å². The Bertz CT molecular complexity index is 1500. The molecule has 0 bridgehead atoms. The van der Waals surface area contributed by atoms with Crippen LogP contribution in [0.25, 0.3) is 0 Å². The molecule has 1 fully saturated rings. The molecule has 0 spiro atoms. The highest BCUT2D eigenvalue weighted by atomic mass is 35.5. The number of nitrogens with two attached hydrogens (primary N) is 1. The summed E-state index contributed by atoms with van der Waals surface area (Å²) in [4.78, 5) is 30.0. The predicted octanol–water partition coefficient (Wildman–Crippen LogP) is 4.05. The molecule has 2 atom stereocenters. The molecule has 1 heterocycles. The maximum Gasteiger partial charge on any atom is 0.260 e. The van der Waals surface area contributed by atoms with Gasteiger partial charge in [0.1, 0.15) is 11.6 Å². The summed E-state index contributed by atoms with van der Waals surface area (Å²) in [6.07, 6.45) is -0.202. The predicted molar refractivity (Wildman–Crippen MR) is 150 cm³/mol. The molecule has 40 heavy (non-hydrogen) atoms. The van der Waals surface area contributed by atoms with Crippen LogP contribution in [0.2, 0.25) is 5.02 Å². The molecule has 0 aromatic heterocycles. The molecule has 0 aliphatic carbocycles. The van der Waals surface area contributed by atoms with Crippen molar-refractivity contribution in [2.24, 2.45) is 5.14 Å². The van der Waals surface area contributed by atoms with Crippen LogP contribution in [-0.4, -0.2) is 61.7 Å². The number of primary sulfonamides is 1. The Morgan fingerprint density at radius 1 is 1.02 bits per heavy atom. The maximum absolute atomic E-state index is 13.3. The van der Waals surface area contributed by atoms with Gasteiger partial charge in [-0.2, -0.15) is 0 Å². The Kier molecular flexibility index (Phi) is 9.25. The lowest BCUT2D eigenvalue weighted by Gasteiger charge is -2.44. The first-order chi connectivity index (χ1) is 18.9. The minimum atomic E-state index is -4.10. The highest BCUT2D eigenvalue weighted by Crippen LogP contribution is 2.26. The fraction of sp³-hybridized carbons (Fsp3) is 0.310. The molecule has 1 aliphatic heterocycles. The fourth-order valence-electron chi connectivity index (χ4n) is 4.85. The zero-order valence-corrected chi connectivity index (χ0v) is 23.8. The van der Waals surface area contributed by atoms with Crippen LogP contribution < -0.4 is 9.88 Å². The Balaban J connectivity index is 1.41. The summed E-state index contributed by atoms with van der Waals surface area (Å²) in [7, 11) is -4.10. The standard InChI is InChI=1S/C29H31ClFN3O5S/c1-19-16-34(20(2)15-33(19)17-21-7-10-24(31)11-8-21)29(36)18-39-27-12-9-23(30)13-22(27)14-26(35)25-5-3-4-6-28(25)40(32,37)38/h3-13,19-20H,14-18H2,1-2H3,(H2,32,37,38)/t19-,20+/m0/s1. The van der Waals surface area contributed by atoms with Gasteiger partial charge >= 0.3 is 0 Å². The summed E-state index contributed by atoms with van der Waals surface area (Å²) in [5.74, 6) is -0.660. The van der Waals surface area contributed by atoms with Crippen LogP contribution in [0.15, 0.2) is 71.6 Å². The number of halogens is 2. The number of carbonyl (C=O) groups excluding carboxylic acids is 2. The number of ketones is 1. The normalized spacial score (nSPS) is 18.0. The van der Waals surface area contributed by atoms with Crippen molar-refractivity contribution in [2.45, 2.75) is 43.8 Å². The van der Waals surface area contributed by atoms with Crippen molar-refractivity contribution < 1.29 is 27.1 Å². The molecule has 0 unspecified atom stereocenters.